The number of aryl methyl sites for hydroxylation is 2. The molecule has 7 nitrogen and oxygen atoms in total. The van der Waals surface area contributed by atoms with Crippen LogP contribution in [0.2, 0.25) is 0 Å². The SMILES string of the molecule is CCN(CCO)Cc1ccc(-c2nc(CCn3cccn3)cc(=O)[nH]2)cc1. The van der Waals surface area contributed by atoms with Crippen LogP contribution in [0.15, 0.2) is 53.6 Å². The molecule has 0 aliphatic rings. The van der Waals surface area contributed by atoms with E-state index in [-0.39, 0.29) is 12.2 Å². The van der Waals surface area contributed by atoms with E-state index in [1.807, 2.05) is 41.2 Å². The third-order valence-corrected chi connectivity index (χ3v) is 4.45. The van der Waals surface area contributed by atoms with Crippen LogP contribution in [-0.4, -0.2) is 49.5 Å². The van der Waals surface area contributed by atoms with Crippen molar-refractivity contribution < 1.29 is 5.11 Å². The summed E-state index contributed by atoms with van der Waals surface area (Å²) < 4.78 is 1.82. The minimum absolute atomic E-state index is 0.153. The molecule has 0 radical (unpaired) electrons. The lowest BCUT2D eigenvalue weighted by Crippen LogP contribution is -2.26. The van der Waals surface area contributed by atoms with Gasteiger partial charge in [-0.15, -0.1) is 0 Å². The molecule has 0 saturated carbocycles. The van der Waals surface area contributed by atoms with Crippen molar-refractivity contribution in [3.63, 3.8) is 0 Å². The van der Waals surface area contributed by atoms with Gasteiger partial charge in [-0.1, -0.05) is 31.2 Å². The summed E-state index contributed by atoms with van der Waals surface area (Å²) in [7, 11) is 0. The lowest BCUT2D eigenvalue weighted by molar-refractivity contribution is 0.197. The van der Waals surface area contributed by atoms with Crippen LogP contribution < -0.4 is 5.56 Å². The number of aromatic nitrogens is 4. The molecule has 0 aliphatic carbocycles. The Bertz CT molecular complexity index is 887. The fourth-order valence-corrected chi connectivity index (χ4v) is 2.95. The molecule has 7 heteroatoms. The van der Waals surface area contributed by atoms with Crippen molar-refractivity contribution in [3.8, 4) is 11.4 Å². The fourth-order valence-electron chi connectivity index (χ4n) is 2.95. The highest BCUT2D eigenvalue weighted by atomic mass is 16.3. The average molecular weight is 367 g/mol. The number of hydrogen-bond acceptors (Lipinski definition) is 5. The Morgan fingerprint density at radius 1 is 1.26 bits per heavy atom. The standard InChI is InChI=1S/C20H25N5O2/c1-2-24(12-13-26)15-16-4-6-17(7-5-16)20-22-18(14-19(27)23-20)8-11-25-10-3-9-21-25/h3-7,9-10,14,26H,2,8,11-13,15H2,1H3,(H,22,23,27). The summed E-state index contributed by atoms with van der Waals surface area (Å²) in [6, 6.07) is 11.4. The van der Waals surface area contributed by atoms with Gasteiger partial charge < -0.3 is 10.1 Å². The van der Waals surface area contributed by atoms with Crippen LogP contribution in [0.4, 0.5) is 0 Å². The van der Waals surface area contributed by atoms with Gasteiger partial charge in [-0.3, -0.25) is 14.4 Å². The van der Waals surface area contributed by atoms with E-state index in [1.165, 1.54) is 6.07 Å². The van der Waals surface area contributed by atoms with Crippen molar-refractivity contribution in [3.05, 3.63) is 70.4 Å². The normalized spacial score (nSPS) is 11.2. The summed E-state index contributed by atoms with van der Waals surface area (Å²) in [6.45, 7) is 5.24. The van der Waals surface area contributed by atoms with E-state index in [0.29, 0.717) is 25.3 Å². The molecule has 27 heavy (non-hydrogen) atoms. The quantitative estimate of drug-likeness (QED) is 0.601. The largest absolute Gasteiger partial charge is 0.395 e. The summed E-state index contributed by atoms with van der Waals surface area (Å²) in [5, 5.41) is 13.3. The number of H-pyrrole nitrogens is 1. The number of aliphatic hydroxyl groups is 1. The minimum Gasteiger partial charge on any atom is -0.395 e. The summed E-state index contributed by atoms with van der Waals surface area (Å²) in [6.07, 6.45) is 4.27. The number of nitrogens with one attached hydrogen (secondary N) is 1. The van der Waals surface area contributed by atoms with E-state index < -0.39 is 0 Å². The summed E-state index contributed by atoms with van der Waals surface area (Å²) in [5.74, 6) is 0.576. The predicted octanol–water partition coefficient (Wildman–Crippen LogP) is 1.69. The van der Waals surface area contributed by atoms with E-state index in [4.69, 9.17) is 5.11 Å². The Labute approximate surface area is 158 Å². The van der Waals surface area contributed by atoms with E-state index in [9.17, 15) is 4.79 Å². The highest BCUT2D eigenvalue weighted by Crippen LogP contribution is 2.16. The van der Waals surface area contributed by atoms with Crippen LogP contribution in [0.5, 0.6) is 0 Å². The first kappa shape index (κ1) is 19.0. The van der Waals surface area contributed by atoms with Gasteiger partial charge in [0.15, 0.2) is 0 Å². The number of aromatic amines is 1. The second-order valence-electron chi connectivity index (χ2n) is 6.39. The molecule has 0 saturated heterocycles. The molecule has 1 aromatic carbocycles. The van der Waals surface area contributed by atoms with Crippen LogP contribution in [0.25, 0.3) is 11.4 Å². The van der Waals surface area contributed by atoms with Gasteiger partial charge in [0.1, 0.15) is 5.82 Å². The fraction of sp³-hybridized carbons (Fsp3) is 0.350. The zero-order valence-electron chi connectivity index (χ0n) is 15.5. The molecular formula is C20H25N5O2. The second kappa shape index (κ2) is 9.25. The zero-order valence-corrected chi connectivity index (χ0v) is 15.5. The third-order valence-electron chi connectivity index (χ3n) is 4.45. The molecule has 3 rings (SSSR count). The van der Waals surface area contributed by atoms with Crippen LogP contribution in [0.3, 0.4) is 0 Å². The van der Waals surface area contributed by atoms with Crippen molar-refractivity contribution >= 4 is 0 Å². The van der Waals surface area contributed by atoms with Gasteiger partial charge in [0.25, 0.3) is 5.56 Å². The summed E-state index contributed by atoms with van der Waals surface area (Å²) >= 11 is 0. The smallest absolute Gasteiger partial charge is 0.251 e. The van der Waals surface area contributed by atoms with Crippen LogP contribution >= 0.6 is 0 Å². The second-order valence-corrected chi connectivity index (χ2v) is 6.39. The van der Waals surface area contributed by atoms with Crippen LogP contribution in [0, 0.1) is 0 Å². The van der Waals surface area contributed by atoms with Crippen molar-refractivity contribution in [1.29, 1.82) is 0 Å². The van der Waals surface area contributed by atoms with Crippen LogP contribution in [-0.2, 0) is 19.5 Å². The van der Waals surface area contributed by atoms with E-state index in [2.05, 4.69) is 26.9 Å². The highest BCUT2D eigenvalue weighted by molar-refractivity contribution is 5.55. The molecule has 0 fully saturated rings. The monoisotopic (exact) mass is 367 g/mol. The average Bonchev–Trinajstić information content (AvgIpc) is 3.20. The predicted molar refractivity (Wildman–Crippen MR) is 104 cm³/mol. The Morgan fingerprint density at radius 2 is 2.07 bits per heavy atom. The topological polar surface area (TPSA) is 87.0 Å². The highest BCUT2D eigenvalue weighted by Gasteiger charge is 2.07. The molecule has 2 aromatic heterocycles. The van der Waals surface area contributed by atoms with Gasteiger partial charge in [-0.05, 0) is 18.2 Å². The van der Waals surface area contributed by atoms with Gasteiger partial charge in [-0.25, -0.2) is 4.98 Å². The maximum absolute atomic E-state index is 12.0. The molecular weight excluding hydrogens is 342 g/mol. The third kappa shape index (κ3) is 5.35. The first-order valence-electron chi connectivity index (χ1n) is 9.18. The molecule has 0 bridgehead atoms. The number of hydrogen-bond donors (Lipinski definition) is 2. The molecule has 0 unspecified atom stereocenters. The molecule has 142 valence electrons. The Balaban J connectivity index is 1.72. The molecule has 0 aliphatic heterocycles. The van der Waals surface area contributed by atoms with E-state index in [1.54, 1.807) is 6.20 Å². The first-order chi connectivity index (χ1) is 13.2. The van der Waals surface area contributed by atoms with E-state index >= 15 is 0 Å². The van der Waals surface area contributed by atoms with Crippen LogP contribution in [0.1, 0.15) is 18.2 Å². The molecule has 0 spiro atoms. The Morgan fingerprint density at radius 3 is 2.74 bits per heavy atom. The maximum Gasteiger partial charge on any atom is 0.251 e. The van der Waals surface area contributed by atoms with Crippen molar-refractivity contribution in [2.24, 2.45) is 0 Å². The lowest BCUT2D eigenvalue weighted by Gasteiger charge is -2.19. The number of nitrogens with zero attached hydrogens (tertiary/aromatic N) is 4. The molecule has 3 aromatic rings. The number of aliphatic hydroxyl groups excluding tert-OH is 1. The number of rotatable bonds is 9. The maximum atomic E-state index is 12.0. The van der Waals surface area contributed by atoms with E-state index in [0.717, 1.165) is 29.9 Å². The van der Waals surface area contributed by atoms with Crippen molar-refractivity contribution in [2.75, 3.05) is 19.7 Å². The van der Waals surface area contributed by atoms with Gasteiger partial charge >= 0.3 is 0 Å². The van der Waals surface area contributed by atoms with Gasteiger partial charge in [0.05, 0.1) is 12.3 Å². The molecule has 0 atom stereocenters. The minimum atomic E-state index is -0.153. The summed E-state index contributed by atoms with van der Waals surface area (Å²) in [4.78, 5) is 21.6. The summed E-state index contributed by atoms with van der Waals surface area (Å²) in [5.41, 5.74) is 2.63. The lowest BCUT2D eigenvalue weighted by atomic mass is 10.1. The molecule has 2 heterocycles. The van der Waals surface area contributed by atoms with Gasteiger partial charge in [0, 0.05) is 50.1 Å². The number of likely N-dealkylation sites (N-methyl/N-ethyl adjacent to an activating group) is 1. The number of benzene rings is 1. The zero-order chi connectivity index (χ0) is 19.1. The Kier molecular flexibility index (Phi) is 6.51. The molecule has 0 amide bonds. The Hall–Kier alpha value is -2.77. The van der Waals surface area contributed by atoms with Gasteiger partial charge in [-0.2, -0.15) is 5.10 Å². The van der Waals surface area contributed by atoms with Crippen molar-refractivity contribution in [1.82, 2.24) is 24.6 Å². The van der Waals surface area contributed by atoms with Gasteiger partial charge in [0.2, 0.25) is 0 Å². The molecule has 2 N–H and O–H groups in total. The first-order valence-corrected chi connectivity index (χ1v) is 9.18. The van der Waals surface area contributed by atoms with Crippen molar-refractivity contribution in [2.45, 2.75) is 26.4 Å².